The maximum Gasteiger partial charge on any atom is 0.253 e. The van der Waals surface area contributed by atoms with E-state index < -0.39 is 6.10 Å². The van der Waals surface area contributed by atoms with Crippen LogP contribution in [0, 0.1) is 0 Å². The molecule has 0 fully saturated rings. The largest absolute Gasteiger partial charge is 0.495 e. The van der Waals surface area contributed by atoms with Gasteiger partial charge in [-0.25, -0.2) is 0 Å². The number of nitrogens with zero attached hydrogens (tertiary/aromatic N) is 1. The van der Waals surface area contributed by atoms with E-state index in [1.807, 2.05) is 12.1 Å². The fourth-order valence-electron chi connectivity index (χ4n) is 2.85. The predicted octanol–water partition coefficient (Wildman–Crippen LogP) is 0.895. The highest BCUT2D eigenvalue weighted by Gasteiger charge is 2.24. The lowest BCUT2D eigenvalue weighted by Gasteiger charge is -2.30. The van der Waals surface area contributed by atoms with Gasteiger partial charge in [-0.1, -0.05) is 24.3 Å². The number of methoxy groups -OCH3 is 1. The maximum atomic E-state index is 12.2. The van der Waals surface area contributed by atoms with Crippen LogP contribution < -0.4 is 15.4 Å². The number of carbonyl (C=O) groups is 1. The highest BCUT2D eigenvalue weighted by atomic mass is 16.5. The van der Waals surface area contributed by atoms with Crippen LogP contribution in [0.25, 0.3) is 0 Å². The zero-order valence-electron chi connectivity index (χ0n) is 13.5. The first kappa shape index (κ1) is 16.4. The van der Waals surface area contributed by atoms with Gasteiger partial charge >= 0.3 is 0 Å². The van der Waals surface area contributed by atoms with Gasteiger partial charge in [0.15, 0.2) is 0 Å². The zero-order chi connectivity index (χ0) is 16.9. The number of rotatable bonds is 5. The van der Waals surface area contributed by atoms with Gasteiger partial charge in [0.05, 0.1) is 25.0 Å². The molecule has 0 spiro atoms. The number of aliphatic hydroxyl groups is 1. The standard InChI is InChI=1S/C18H21N3O3/c1-24-15-6-14(8-19-10-15)18(23)21-11-17(22)16-7-12-4-2-3-5-13(12)9-20-16/h2-6,8,10,16-17,20,22H,7,9,11H2,1H3,(H,21,23)/t16-,17?/m0/s1. The summed E-state index contributed by atoms with van der Waals surface area (Å²) in [5.41, 5.74) is 2.90. The molecule has 0 radical (unpaired) electrons. The van der Waals surface area contributed by atoms with E-state index in [1.165, 1.54) is 30.6 Å². The number of aliphatic hydroxyl groups excluding tert-OH is 1. The molecule has 6 nitrogen and oxygen atoms in total. The fourth-order valence-corrected chi connectivity index (χ4v) is 2.85. The van der Waals surface area contributed by atoms with Crippen molar-refractivity contribution in [1.29, 1.82) is 0 Å². The van der Waals surface area contributed by atoms with Crippen molar-refractivity contribution in [3.63, 3.8) is 0 Å². The van der Waals surface area contributed by atoms with Crippen LogP contribution in [0.4, 0.5) is 0 Å². The molecule has 2 atom stereocenters. The quantitative estimate of drug-likeness (QED) is 0.760. The van der Waals surface area contributed by atoms with Gasteiger partial charge in [-0.05, 0) is 23.6 Å². The van der Waals surface area contributed by atoms with Crippen LogP contribution >= 0.6 is 0 Å². The Bertz CT molecular complexity index is 720. The molecule has 0 aliphatic carbocycles. The highest BCUT2D eigenvalue weighted by molar-refractivity contribution is 5.94. The van der Waals surface area contributed by atoms with E-state index in [0.29, 0.717) is 11.3 Å². The van der Waals surface area contributed by atoms with Gasteiger partial charge in [0.2, 0.25) is 0 Å². The molecule has 3 rings (SSSR count). The molecule has 126 valence electrons. The van der Waals surface area contributed by atoms with Crippen molar-refractivity contribution < 1.29 is 14.6 Å². The maximum absolute atomic E-state index is 12.2. The molecule has 3 N–H and O–H groups in total. The molecule has 0 saturated heterocycles. The average molecular weight is 327 g/mol. The number of aromatic nitrogens is 1. The van der Waals surface area contributed by atoms with Crippen LogP contribution in [-0.2, 0) is 13.0 Å². The monoisotopic (exact) mass is 327 g/mol. The Hall–Kier alpha value is -2.44. The van der Waals surface area contributed by atoms with Crippen molar-refractivity contribution in [2.45, 2.75) is 25.1 Å². The van der Waals surface area contributed by atoms with Crippen molar-refractivity contribution in [3.8, 4) is 5.75 Å². The third-order valence-corrected chi connectivity index (χ3v) is 4.26. The Labute approximate surface area is 140 Å². The molecule has 24 heavy (non-hydrogen) atoms. The smallest absolute Gasteiger partial charge is 0.253 e. The van der Waals surface area contributed by atoms with Gasteiger partial charge in [-0.3, -0.25) is 9.78 Å². The lowest BCUT2D eigenvalue weighted by atomic mass is 9.93. The number of fused-ring (bicyclic) bond motifs is 1. The molecular weight excluding hydrogens is 306 g/mol. The second-order valence-corrected chi connectivity index (χ2v) is 5.85. The SMILES string of the molecule is COc1cncc(C(=O)NCC(O)[C@@H]2Cc3ccccc3CN2)c1. The third-order valence-electron chi connectivity index (χ3n) is 4.26. The molecule has 1 amide bonds. The number of hydrogen-bond acceptors (Lipinski definition) is 5. The van der Waals surface area contributed by atoms with Crippen LogP contribution in [-0.4, -0.2) is 41.8 Å². The van der Waals surface area contributed by atoms with Crippen molar-refractivity contribution in [2.75, 3.05) is 13.7 Å². The van der Waals surface area contributed by atoms with Gasteiger partial charge < -0.3 is 20.5 Å². The molecule has 1 aliphatic heterocycles. The molecule has 0 saturated carbocycles. The van der Waals surface area contributed by atoms with Crippen LogP contribution in [0.1, 0.15) is 21.5 Å². The summed E-state index contributed by atoms with van der Waals surface area (Å²) < 4.78 is 5.06. The molecule has 2 aromatic rings. The fraction of sp³-hybridized carbons (Fsp3) is 0.333. The van der Waals surface area contributed by atoms with Gasteiger partial charge in [-0.2, -0.15) is 0 Å². The summed E-state index contributed by atoms with van der Waals surface area (Å²) in [5, 5.41) is 16.4. The second-order valence-electron chi connectivity index (χ2n) is 5.85. The topological polar surface area (TPSA) is 83.5 Å². The van der Waals surface area contributed by atoms with Crippen molar-refractivity contribution in [2.24, 2.45) is 0 Å². The Morgan fingerprint density at radius 2 is 2.21 bits per heavy atom. The average Bonchev–Trinajstić information content (AvgIpc) is 2.65. The molecule has 1 aliphatic rings. The van der Waals surface area contributed by atoms with Crippen molar-refractivity contribution >= 4 is 5.91 Å². The van der Waals surface area contributed by atoms with E-state index in [9.17, 15) is 9.90 Å². The summed E-state index contributed by atoms with van der Waals surface area (Å²) in [7, 11) is 1.52. The number of ether oxygens (including phenoxy) is 1. The van der Waals surface area contributed by atoms with E-state index in [-0.39, 0.29) is 18.5 Å². The van der Waals surface area contributed by atoms with Gasteiger partial charge in [0.25, 0.3) is 5.91 Å². The first-order valence-corrected chi connectivity index (χ1v) is 7.93. The Kier molecular flexibility index (Phi) is 5.08. The van der Waals surface area contributed by atoms with E-state index in [4.69, 9.17) is 4.74 Å². The summed E-state index contributed by atoms with van der Waals surface area (Å²) in [6, 6.07) is 9.72. The first-order chi connectivity index (χ1) is 11.7. The lowest BCUT2D eigenvalue weighted by molar-refractivity contribution is 0.0869. The van der Waals surface area contributed by atoms with Crippen molar-refractivity contribution in [3.05, 3.63) is 59.4 Å². The number of carbonyl (C=O) groups excluding carboxylic acids is 1. The van der Waals surface area contributed by atoms with E-state index >= 15 is 0 Å². The van der Waals surface area contributed by atoms with Crippen LogP contribution in [0.15, 0.2) is 42.7 Å². The molecule has 1 aromatic heterocycles. The Morgan fingerprint density at radius 1 is 1.42 bits per heavy atom. The summed E-state index contributed by atoms with van der Waals surface area (Å²) in [4.78, 5) is 16.1. The summed E-state index contributed by atoms with van der Waals surface area (Å²) >= 11 is 0. The molecule has 0 bridgehead atoms. The van der Waals surface area contributed by atoms with Gasteiger partial charge in [0, 0.05) is 25.3 Å². The van der Waals surface area contributed by atoms with Crippen molar-refractivity contribution in [1.82, 2.24) is 15.6 Å². The molecule has 1 aromatic carbocycles. The van der Waals surface area contributed by atoms with E-state index in [2.05, 4.69) is 27.8 Å². The van der Waals surface area contributed by atoms with Crippen LogP contribution in [0.2, 0.25) is 0 Å². The number of amides is 1. The minimum atomic E-state index is -0.666. The zero-order valence-corrected chi connectivity index (χ0v) is 13.5. The van der Waals surface area contributed by atoms with Gasteiger partial charge in [0.1, 0.15) is 5.75 Å². The van der Waals surface area contributed by atoms with Crippen LogP contribution in [0.3, 0.4) is 0 Å². The number of benzene rings is 1. The number of pyridine rings is 1. The minimum Gasteiger partial charge on any atom is -0.495 e. The third kappa shape index (κ3) is 3.72. The Morgan fingerprint density at radius 3 is 3.00 bits per heavy atom. The summed E-state index contributed by atoms with van der Waals surface area (Å²) in [6.07, 6.45) is 3.09. The molecular formula is C18H21N3O3. The molecule has 2 heterocycles. The predicted molar refractivity (Wildman–Crippen MR) is 89.9 cm³/mol. The normalized spacial score (nSPS) is 17.7. The molecule has 1 unspecified atom stereocenters. The minimum absolute atomic E-state index is 0.0800. The number of nitrogens with one attached hydrogen (secondary N) is 2. The number of hydrogen-bond donors (Lipinski definition) is 3. The summed E-state index contributed by atoms with van der Waals surface area (Å²) in [5.74, 6) is 0.241. The highest BCUT2D eigenvalue weighted by Crippen LogP contribution is 2.18. The summed E-state index contributed by atoms with van der Waals surface area (Å²) in [6.45, 7) is 0.904. The second kappa shape index (κ2) is 7.42. The van der Waals surface area contributed by atoms with Gasteiger partial charge in [-0.15, -0.1) is 0 Å². The van der Waals surface area contributed by atoms with E-state index in [0.717, 1.165) is 13.0 Å². The van der Waals surface area contributed by atoms with Crippen LogP contribution in [0.5, 0.6) is 5.75 Å². The lowest BCUT2D eigenvalue weighted by Crippen LogP contribution is -2.49. The van der Waals surface area contributed by atoms with E-state index in [1.54, 1.807) is 6.07 Å². The molecule has 6 heteroatoms. The Balaban J connectivity index is 1.56. The first-order valence-electron chi connectivity index (χ1n) is 7.93.